The number of carbonyl (C=O) groups is 1. The molecular formula is C18H18N4O3. The van der Waals surface area contributed by atoms with Gasteiger partial charge < -0.3 is 19.8 Å². The molecule has 0 radical (unpaired) electrons. The first-order valence-electron chi connectivity index (χ1n) is 7.84. The predicted molar refractivity (Wildman–Crippen MR) is 90.7 cm³/mol. The Hall–Kier alpha value is -3.27. The Bertz CT molecular complexity index is 962. The zero-order valence-corrected chi connectivity index (χ0v) is 14.2. The third kappa shape index (κ3) is 2.72. The average molecular weight is 338 g/mol. The Balaban J connectivity index is 2.19. The van der Waals surface area contributed by atoms with Gasteiger partial charge in [0.05, 0.1) is 35.5 Å². The first-order valence-corrected chi connectivity index (χ1v) is 7.84. The van der Waals surface area contributed by atoms with Crippen LogP contribution in [0.25, 0.3) is 11.0 Å². The van der Waals surface area contributed by atoms with E-state index >= 15 is 0 Å². The van der Waals surface area contributed by atoms with Gasteiger partial charge in [0.2, 0.25) is 5.88 Å². The van der Waals surface area contributed by atoms with E-state index in [0.29, 0.717) is 5.76 Å². The highest BCUT2D eigenvalue weighted by atomic mass is 16.5. The molecule has 1 aliphatic rings. The average Bonchev–Trinajstić information content (AvgIpc) is 2.95. The minimum absolute atomic E-state index is 0.000772. The molecule has 25 heavy (non-hydrogen) atoms. The van der Waals surface area contributed by atoms with Crippen molar-refractivity contribution in [2.75, 3.05) is 6.61 Å². The molecule has 2 aromatic rings. The van der Waals surface area contributed by atoms with Crippen LogP contribution < -0.4 is 5.73 Å². The van der Waals surface area contributed by atoms with Gasteiger partial charge in [0.25, 0.3) is 0 Å². The van der Waals surface area contributed by atoms with Gasteiger partial charge in [0.15, 0.2) is 0 Å². The minimum Gasteiger partial charge on any atom is -0.463 e. The van der Waals surface area contributed by atoms with Crippen molar-refractivity contribution >= 4 is 17.0 Å². The summed E-state index contributed by atoms with van der Waals surface area (Å²) in [5.41, 5.74) is 8.80. The lowest BCUT2D eigenvalue weighted by atomic mass is 9.83. The summed E-state index contributed by atoms with van der Waals surface area (Å²) in [7, 11) is 1.90. The molecule has 1 aromatic carbocycles. The number of aromatic nitrogens is 2. The molecule has 0 fully saturated rings. The van der Waals surface area contributed by atoms with Crippen LogP contribution in [0.2, 0.25) is 0 Å². The van der Waals surface area contributed by atoms with Crippen molar-refractivity contribution in [3.05, 3.63) is 52.9 Å². The molecule has 0 amide bonds. The lowest BCUT2D eigenvalue weighted by Crippen LogP contribution is -2.25. The molecule has 0 spiro atoms. The van der Waals surface area contributed by atoms with E-state index in [4.69, 9.17) is 15.2 Å². The number of hydrogen-bond acceptors (Lipinski definition) is 6. The summed E-state index contributed by atoms with van der Waals surface area (Å²) in [5.74, 6) is -0.837. The summed E-state index contributed by atoms with van der Waals surface area (Å²) in [6, 6.07) is 7.67. The standard InChI is InChI=1S/C18H18N4O3/c1-4-24-18(23)15-10(2)25-17(20)12(8-19)16(15)11-5-6-14-13(7-11)21-9-22(14)3/h5-7,9,16H,4,20H2,1-3H3. The number of allylic oxidation sites excluding steroid dienone is 2. The van der Waals surface area contributed by atoms with Crippen LogP contribution in [0.3, 0.4) is 0 Å². The van der Waals surface area contributed by atoms with E-state index in [1.165, 1.54) is 0 Å². The summed E-state index contributed by atoms with van der Waals surface area (Å²) >= 11 is 0. The molecule has 1 unspecified atom stereocenters. The Labute approximate surface area is 145 Å². The normalized spacial score (nSPS) is 17.4. The molecule has 0 saturated heterocycles. The summed E-state index contributed by atoms with van der Waals surface area (Å²) in [5, 5.41) is 9.56. The third-order valence-electron chi connectivity index (χ3n) is 4.18. The maximum Gasteiger partial charge on any atom is 0.338 e. The van der Waals surface area contributed by atoms with Gasteiger partial charge in [-0.2, -0.15) is 5.26 Å². The second-order valence-electron chi connectivity index (χ2n) is 5.72. The van der Waals surface area contributed by atoms with Crippen molar-refractivity contribution < 1.29 is 14.3 Å². The number of fused-ring (bicyclic) bond motifs is 1. The minimum atomic E-state index is -0.649. The van der Waals surface area contributed by atoms with Crippen LogP contribution in [-0.4, -0.2) is 22.1 Å². The highest BCUT2D eigenvalue weighted by Gasteiger charge is 2.36. The van der Waals surface area contributed by atoms with E-state index in [1.54, 1.807) is 20.2 Å². The second-order valence-corrected chi connectivity index (χ2v) is 5.72. The molecule has 1 aliphatic heterocycles. The van der Waals surface area contributed by atoms with Crippen LogP contribution in [0.4, 0.5) is 0 Å². The van der Waals surface area contributed by atoms with Crippen molar-refractivity contribution in [2.24, 2.45) is 12.8 Å². The zero-order valence-electron chi connectivity index (χ0n) is 14.2. The number of benzene rings is 1. The van der Waals surface area contributed by atoms with E-state index in [-0.39, 0.29) is 23.6 Å². The Kier molecular flexibility index (Phi) is 4.19. The van der Waals surface area contributed by atoms with Gasteiger partial charge in [-0.05, 0) is 31.5 Å². The predicted octanol–water partition coefficient (Wildman–Crippen LogP) is 2.22. The summed E-state index contributed by atoms with van der Waals surface area (Å²) < 4.78 is 12.5. The van der Waals surface area contributed by atoms with Crippen LogP contribution >= 0.6 is 0 Å². The molecule has 7 nitrogen and oxygen atoms in total. The number of hydrogen-bond donors (Lipinski definition) is 1. The molecule has 1 atom stereocenters. The number of nitrogens with two attached hydrogens (primary N) is 1. The lowest BCUT2D eigenvalue weighted by Gasteiger charge is -2.26. The fraction of sp³-hybridized carbons (Fsp3) is 0.278. The van der Waals surface area contributed by atoms with Gasteiger partial charge in [0, 0.05) is 7.05 Å². The molecule has 0 saturated carbocycles. The number of ether oxygens (including phenoxy) is 2. The monoisotopic (exact) mass is 338 g/mol. The van der Waals surface area contributed by atoms with Gasteiger partial charge in [0.1, 0.15) is 17.4 Å². The number of carbonyl (C=O) groups excluding carboxylic acids is 1. The van der Waals surface area contributed by atoms with Gasteiger partial charge in [-0.25, -0.2) is 9.78 Å². The van der Waals surface area contributed by atoms with E-state index in [0.717, 1.165) is 16.6 Å². The summed E-state index contributed by atoms with van der Waals surface area (Å²) in [4.78, 5) is 16.8. The van der Waals surface area contributed by atoms with Crippen molar-refractivity contribution in [1.82, 2.24) is 9.55 Å². The van der Waals surface area contributed by atoms with Crippen molar-refractivity contribution in [2.45, 2.75) is 19.8 Å². The molecule has 7 heteroatoms. The third-order valence-corrected chi connectivity index (χ3v) is 4.18. The molecule has 128 valence electrons. The van der Waals surface area contributed by atoms with E-state index in [1.807, 2.05) is 29.8 Å². The van der Waals surface area contributed by atoms with E-state index in [2.05, 4.69) is 11.1 Å². The Morgan fingerprint density at radius 3 is 2.96 bits per heavy atom. The van der Waals surface area contributed by atoms with Crippen LogP contribution in [0.15, 0.2) is 47.3 Å². The lowest BCUT2D eigenvalue weighted by molar-refractivity contribution is -0.139. The molecule has 0 aliphatic carbocycles. The molecule has 0 bridgehead atoms. The largest absolute Gasteiger partial charge is 0.463 e. The molecular weight excluding hydrogens is 320 g/mol. The van der Waals surface area contributed by atoms with Crippen molar-refractivity contribution in [3.8, 4) is 6.07 Å². The maximum absolute atomic E-state index is 12.5. The number of imidazole rings is 1. The Morgan fingerprint density at radius 1 is 1.52 bits per heavy atom. The Morgan fingerprint density at radius 2 is 2.28 bits per heavy atom. The quantitative estimate of drug-likeness (QED) is 0.861. The summed E-state index contributed by atoms with van der Waals surface area (Å²) in [6.45, 7) is 3.59. The highest BCUT2D eigenvalue weighted by molar-refractivity contribution is 5.93. The number of aryl methyl sites for hydroxylation is 1. The molecule has 3 rings (SSSR count). The SMILES string of the molecule is CCOC(=O)C1=C(C)OC(N)=C(C#N)C1c1ccc2c(c1)ncn2C. The van der Waals surface area contributed by atoms with Gasteiger partial charge >= 0.3 is 5.97 Å². The zero-order chi connectivity index (χ0) is 18.1. The summed E-state index contributed by atoms with van der Waals surface area (Å²) in [6.07, 6.45) is 1.71. The molecule has 2 N–H and O–H groups in total. The van der Waals surface area contributed by atoms with Gasteiger partial charge in [-0.15, -0.1) is 0 Å². The maximum atomic E-state index is 12.5. The topological polar surface area (TPSA) is 103 Å². The van der Waals surface area contributed by atoms with E-state index < -0.39 is 11.9 Å². The van der Waals surface area contributed by atoms with E-state index in [9.17, 15) is 10.1 Å². The van der Waals surface area contributed by atoms with Crippen LogP contribution in [-0.2, 0) is 21.3 Å². The van der Waals surface area contributed by atoms with Crippen LogP contribution in [0.1, 0.15) is 25.3 Å². The fourth-order valence-corrected chi connectivity index (χ4v) is 3.02. The highest BCUT2D eigenvalue weighted by Crippen LogP contribution is 2.40. The molecule has 2 heterocycles. The van der Waals surface area contributed by atoms with Crippen molar-refractivity contribution in [3.63, 3.8) is 0 Å². The second kappa shape index (κ2) is 6.32. The number of rotatable bonds is 3. The first kappa shape index (κ1) is 16.6. The number of esters is 1. The first-order chi connectivity index (χ1) is 12.0. The fourth-order valence-electron chi connectivity index (χ4n) is 3.02. The van der Waals surface area contributed by atoms with Gasteiger partial charge in [-0.3, -0.25) is 0 Å². The van der Waals surface area contributed by atoms with Gasteiger partial charge in [-0.1, -0.05) is 6.07 Å². The molecule has 1 aromatic heterocycles. The number of nitrogens with zero attached hydrogens (tertiary/aromatic N) is 3. The number of nitriles is 1. The smallest absolute Gasteiger partial charge is 0.338 e. The van der Waals surface area contributed by atoms with Crippen molar-refractivity contribution in [1.29, 1.82) is 5.26 Å². The van der Waals surface area contributed by atoms with Crippen LogP contribution in [0.5, 0.6) is 0 Å². The van der Waals surface area contributed by atoms with Crippen LogP contribution in [0, 0.1) is 11.3 Å².